The van der Waals surface area contributed by atoms with E-state index in [0.717, 1.165) is 4.90 Å². The molecule has 100 valence electrons. The van der Waals surface area contributed by atoms with Crippen molar-refractivity contribution in [2.75, 3.05) is 18.8 Å². The standard InChI is InChI=1S/C11H14F3N3O/c1-2-5-17(7-11(12,13)14)10(18)8-3-4-16-9(15)6-8/h3-4,6H,2,5,7H2,1H3,(H2,15,16). The number of alkyl halides is 3. The van der Waals surface area contributed by atoms with Gasteiger partial charge in [-0.25, -0.2) is 4.98 Å². The highest BCUT2D eigenvalue weighted by Gasteiger charge is 2.32. The van der Waals surface area contributed by atoms with Crippen LogP contribution in [-0.4, -0.2) is 35.1 Å². The monoisotopic (exact) mass is 261 g/mol. The number of amides is 1. The number of rotatable bonds is 4. The molecule has 0 saturated heterocycles. The highest BCUT2D eigenvalue weighted by molar-refractivity contribution is 5.94. The molecule has 0 aliphatic heterocycles. The number of halogens is 3. The van der Waals surface area contributed by atoms with Gasteiger partial charge in [-0.15, -0.1) is 0 Å². The van der Waals surface area contributed by atoms with E-state index in [1.807, 2.05) is 0 Å². The van der Waals surface area contributed by atoms with Gasteiger partial charge in [0.1, 0.15) is 12.4 Å². The Kier molecular flexibility index (Phi) is 4.52. The molecule has 0 bridgehead atoms. The minimum Gasteiger partial charge on any atom is -0.384 e. The summed E-state index contributed by atoms with van der Waals surface area (Å²) in [5, 5.41) is 0. The van der Waals surface area contributed by atoms with Crippen LogP contribution in [0.1, 0.15) is 23.7 Å². The van der Waals surface area contributed by atoms with Crippen LogP contribution in [0.2, 0.25) is 0 Å². The predicted molar refractivity (Wildman–Crippen MR) is 60.9 cm³/mol. The summed E-state index contributed by atoms with van der Waals surface area (Å²) in [5.41, 5.74) is 5.50. The van der Waals surface area contributed by atoms with Crippen LogP contribution in [0.5, 0.6) is 0 Å². The van der Waals surface area contributed by atoms with E-state index in [-0.39, 0.29) is 17.9 Å². The second-order valence-electron chi connectivity index (χ2n) is 3.81. The van der Waals surface area contributed by atoms with Crippen molar-refractivity contribution in [1.29, 1.82) is 0 Å². The van der Waals surface area contributed by atoms with Crippen molar-refractivity contribution in [3.8, 4) is 0 Å². The van der Waals surface area contributed by atoms with Crippen molar-refractivity contribution in [1.82, 2.24) is 9.88 Å². The van der Waals surface area contributed by atoms with E-state index >= 15 is 0 Å². The van der Waals surface area contributed by atoms with E-state index < -0.39 is 18.6 Å². The van der Waals surface area contributed by atoms with E-state index in [9.17, 15) is 18.0 Å². The number of nitrogens with two attached hydrogens (primary N) is 1. The van der Waals surface area contributed by atoms with Crippen LogP contribution in [0.3, 0.4) is 0 Å². The lowest BCUT2D eigenvalue weighted by Gasteiger charge is -2.23. The molecule has 0 unspecified atom stereocenters. The minimum absolute atomic E-state index is 0.0422. The molecule has 0 fully saturated rings. The third-order valence-electron chi connectivity index (χ3n) is 2.18. The molecule has 1 aromatic heterocycles. The van der Waals surface area contributed by atoms with Gasteiger partial charge in [-0.05, 0) is 18.6 Å². The Morgan fingerprint density at radius 3 is 2.67 bits per heavy atom. The number of hydrogen-bond acceptors (Lipinski definition) is 3. The molecular weight excluding hydrogens is 247 g/mol. The summed E-state index contributed by atoms with van der Waals surface area (Å²) in [6.45, 7) is 0.486. The Labute approximate surface area is 103 Å². The third kappa shape index (κ3) is 4.23. The van der Waals surface area contributed by atoms with Gasteiger partial charge in [0, 0.05) is 18.3 Å². The Morgan fingerprint density at radius 2 is 2.17 bits per heavy atom. The second kappa shape index (κ2) is 5.70. The summed E-state index contributed by atoms with van der Waals surface area (Å²) in [6, 6.07) is 2.61. The number of nitrogen functional groups attached to an aromatic ring is 1. The lowest BCUT2D eigenvalue weighted by atomic mass is 10.2. The molecule has 1 rings (SSSR count). The lowest BCUT2D eigenvalue weighted by Crippen LogP contribution is -2.39. The summed E-state index contributed by atoms with van der Waals surface area (Å²) < 4.78 is 37.1. The van der Waals surface area contributed by atoms with Gasteiger partial charge in [0.2, 0.25) is 0 Å². The average Bonchev–Trinajstić information content (AvgIpc) is 2.26. The second-order valence-corrected chi connectivity index (χ2v) is 3.81. The molecule has 0 aliphatic carbocycles. The molecule has 0 spiro atoms. The van der Waals surface area contributed by atoms with Gasteiger partial charge in [0.15, 0.2) is 0 Å². The fourth-order valence-electron chi connectivity index (χ4n) is 1.50. The van der Waals surface area contributed by atoms with Crippen molar-refractivity contribution in [3.63, 3.8) is 0 Å². The van der Waals surface area contributed by atoms with Crippen molar-refractivity contribution in [2.24, 2.45) is 0 Å². The molecule has 7 heteroatoms. The van der Waals surface area contributed by atoms with E-state index in [1.54, 1.807) is 6.92 Å². The Balaban J connectivity index is 2.89. The van der Waals surface area contributed by atoms with Gasteiger partial charge >= 0.3 is 6.18 Å². The van der Waals surface area contributed by atoms with E-state index in [2.05, 4.69) is 4.98 Å². The normalized spacial score (nSPS) is 11.3. The number of hydrogen-bond donors (Lipinski definition) is 1. The van der Waals surface area contributed by atoms with E-state index in [0.29, 0.717) is 6.42 Å². The topological polar surface area (TPSA) is 59.2 Å². The quantitative estimate of drug-likeness (QED) is 0.902. The van der Waals surface area contributed by atoms with Crippen LogP contribution in [0, 0.1) is 0 Å². The predicted octanol–water partition coefficient (Wildman–Crippen LogP) is 2.08. The molecule has 0 aromatic carbocycles. The maximum absolute atomic E-state index is 12.4. The number of carbonyl (C=O) groups is 1. The summed E-state index contributed by atoms with van der Waals surface area (Å²) in [4.78, 5) is 16.4. The number of carbonyl (C=O) groups excluding carboxylic acids is 1. The van der Waals surface area contributed by atoms with E-state index in [4.69, 9.17) is 5.73 Å². The highest BCUT2D eigenvalue weighted by Crippen LogP contribution is 2.18. The highest BCUT2D eigenvalue weighted by atomic mass is 19.4. The summed E-state index contributed by atoms with van der Waals surface area (Å²) in [5.74, 6) is -0.590. The van der Waals surface area contributed by atoms with Gasteiger partial charge < -0.3 is 10.6 Å². The maximum Gasteiger partial charge on any atom is 0.406 e. The van der Waals surface area contributed by atoms with Gasteiger partial charge in [-0.1, -0.05) is 6.92 Å². The Bertz CT molecular complexity index is 420. The SMILES string of the molecule is CCCN(CC(F)(F)F)C(=O)c1ccnc(N)c1. The van der Waals surface area contributed by atoms with Gasteiger partial charge in [-0.2, -0.15) is 13.2 Å². The molecule has 0 radical (unpaired) electrons. The van der Waals surface area contributed by atoms with Crippen LogP contribution in [-0.2, 0) is 0 Å². The first kappa shape index (κ1) is 14.3. The molecule has 4 nitrogen and oxygen atoms in total. The summed E-state index contributed by atoms with van der Waals surface area (Å²) in [6.07, 6.45) is -2.67. The summed E-state index contributed by atoms with van der Waals surface area (Å²) >= 11 is 0. The first-order valence-electron chi connectivity index (χ1n) is 5.41. The number of anilines is 1. The smallest absolute Gasteiger partial charge is 0.384 e. The van der Waals surface area contributed by atoms with Crippen LogP contribution >= 0.6 is 0 Å². The molecule has 0 aliphatic rings. The summed E-state index contributed by atoms with van der Waals surface area (Å²) in [7, 11) is 0. The molecule has 0 atom stereocenters. The number of nitrogens with zero attached hydrogens (tertiary/aromatic N) is 2. The van der Waals surface area contributed by atoms with Gasteiger partial charge in [0.05, 0.1) is 0 Å². The minimum atomic E-state index is -4.41. The first-order chi connectivity index (χ1) is 8.33. The molecule has 1 heterocycles. The van der Waals surface area contributed by atoms with Gasteiger partial charge in [-0.3, -0.25) is 4.79 Å². The third-order valence-corrected chi connectivity index (χ3v) is 2.18. The van der Waals surface area contributed by atoms with Crippen LogP contribution in [0.25, 0.3) is 0 Å². The Hall–Kier alpha value is -1.79. The van der Waals surface area contributed by atoms with Crippen molar-refractivity contribution >= 4 is 11.7 Å². The largest absolute Gasteiger partial charge is 0.406 e. The van der Waals surface area contributed by atoms with Crippen molar-refractivity contribution < 1.29 is 18.0 Å². The fraction of sp³-hybridized carbons (Fsp3) is 0.455. The first-order valence-corrected chi connectivity index (χ1v) is 5.41. The zero-order valence-corrected chi connectivity index (χ0v) is 9.87. The lowest BCUT2D eigenvalue weighted by molar-refractivity contribution is -0.140. The molecule has 1 aromatic rings. The van der Waals surface area contributed by atoms with Crippen molar-refractivity contribution in [3.05, 3.63) is 23.9 Å². The van der Waals surface area contributed by atoms with Crippen LogP contribution in [0.15, 0.2) is 18.3 Å². The number of pyridine rings is 1. The van der Waals surface area contributed by atoms with Gasteiger partial charge in [0.25, 0.3) is 5.91 Å². The molecular formula is C11H14F3N3O. The maximum atomic E-state index is 12.4. The molecule has 2 N–H and O–H groups in total. The number of aromatic nitrogens is 1. The van der Waals surface area contributed by atoms with Crippen LogP contribution in [0.4, 0.5) is 19.0 Å². The Morgan fingerprint density at radius 1 is 1.50 bits per heavy atom. The average molecular weight is 261 g/mol. The molecule has 1 amide bonds. The zero-order valence-electron chi connectivity index (χ0n) is 9.87. The zero-order chi connectivity index (χ0) is 13.8. The van der Waals surface area contributed by atoms with Crippen molar-refractivity contribution in [2.45, 2.75) is 19.5 Å². The van der Waals surface area contributed by atoms with E-state index in [1.165, 1.54) is 18.3 Å². The van der Waals surface area contributed by atoms with Crippen LogP contribution < -0.4 is 5.73 Å². The fourth-order valence-corrected chi connectivity index (χ4v) is 1.50. The molecule has 18 heavy (non-hydrogen) atoms. The molecule has 0 saturated carbocycles.